The Balaban J connectivity index is 1.58. The van der Waals surface area contributed by atoms with E-state index in [1.54, 1.807) is 0 Å². The highest BCUT2D eigenvalue weighted by Crippen LogP contribution is 2.47. The summed E-state index contributed by atoms with van der Waals surface area (Å²) in [6, 6.07) is 4.86. The van der Waals surface area contributed by atoms with Crippen molar-refractivity contribution in [3.8, 4) is 5.75 Å². The summed E-state index contributed by atoms with van der Waals surface area (Å²) in [5.41, 5.74) is 4.15. The Morgan fingerprint density at radius 2 is 1.19 bits per heavy atom. The summed E-state index contributed by atoms with van der Waals surface area (Å²) in [6.45, 7) is 0.282. The van der Waals surface area contributed by atoms with Crippen molar-refractivity contribution in [3.63, 3.8) is 0 Å². The summed E-state index contributed by atoms with van der Waals surface area (Å²) >= 11 is 0. The number of rotatable bonds is 10. The molecule has 0 aliphatic heterocycles. The fraction of sp³-hybridized carbons (Fsp3) is 0.793. The van der Waals surface area contributed by atoms with Gasteiger partial charge in [-0.25, -0.2) is 0 Å². The number of alkyl halides is 2. The lowest BCUT2D eigenvalue weighted by Gasteiger charge is -2.32. The second kappa shape index (κ2) is 12.6. The smallest absolute Gasteiger partial charge is 0.370 e. The Kier molecular flexibility index (Phi) is 9.70. The number of hydrogen-bond donors (Lipinski definition) is 1. The molecule has 0 radical (unpaired) electrons. The first kappa shape index (κ1) is 27.8. The van der Waals surface area contributed by atoms with Gasteiger partial charge in [-0.2, -0.15) is 17.2 Å². The van der Waals surface area contributed by atoms with Gasteiger partial charge in [0.25, 0.3) is 0 Å². The lowest BCUT2D eigenvalue weighted by atomic mass is 9.75. The minimum atomic E-state index is -5.37. The second-order valence-corrected chi connectivity index (χ2v) is 13.0. The van der Waals surface area contributed by atoms with E-state index >= 15 is 0 Å². The van der Waals surface area contributed by atoms with Gasteiger partial charge in [-0.3, -0.25) is 4.55 Å². The number of unbranched alkanes of at least 4 members (excludes halogenated alkanes) is 1. The van der Waals surface area contributed by atoms with Crippen molar-refractivity contribution in [2.24, 2.45) is 0 Å². The highest BCUT2D eigenvalue weighted by Gasteiger charge is 2.43. The van der Waals surface area contributed by atoms with Crippen LogP contribution in [0.5, 0.6) is 5.75 Å². The van der Waals surface area contributed by atoms with Crippen molar-refractivity contribution in [2.45, 2.75) is 139 Å². The minimum Gasteiger partial charge on any atom is -0.493 e. The predicted molar refractivity (Wildman–Crippen MR) is 140 cm³/mol. The Bertz CT molecular complexity index is 905. The lowest BCUT2D eigenvalue weighted by molar-refractivity contribution is 0.0672. The molecule has 0 unspecified atom stereocenters. The molecule has 4 rings (SSSR count). The van der Waals surface area contributed by atoms with Gasteiger partial charge in [0.1, 0.15) is 5.75 Å². The zero-order chi connectivity index (χ0) is 25.6. The van der Waals surface area contributed by atoms with Gasteiger partial charge in [0.15, 0.2) is 0 Å². The molecular weight excluding hydrogens is 482 g/mol. The van der Waals surface area contributed by atoms with E-state index < -0.39 is 21.8 Å². The topological polar surface area (TPSA) is 63.6 Å². The number of hydrogen-bond acceptors (Lipinski definition) is 3. The van der Waals surface area contributed by atoms with E-state index in [4.69, 9.17) is 9.29 Å². The van der Waals surface area contributed by atoms with Crippen LogP contribution in [0.3, 0.4) is 0 Å². The van der Waals surface area contributed by atoms with Gasteiger partial charge >= 0.3 is 15.4 Å². The maximum atomic E-state index is 13.6. The molecule has 0 amide bonds. The van der Waals surface area contributed by atoms with Crippen LogP contribution in [0.4, 0.5) is 8.78 Å². The molecule has 7 heteroatoms. The van der Waals surface area contributed by atoms with Crippen LogP contribution in [0.25, 0.3) is 0 Å². The average Bonchev–Trinajstić information content (AvgIpc) is 2.89. The van der Waals surface area contributed by atoms with Crippen LogP contribution >= 0.6 is 0 Å². The molecule has 4 nitrogen and oxygen atoms in total. The fourth-order valence-corrected chi connectivity index (χ4v) is 7.11. The number of halogens is 2. The highest BCUT2D eigenvalue weighted by atomic mass is 32.2. The predicted octanol–water partition coefficient (Wildman–Crippen LogP) is 8.86. The molecule has 3 aliphatic carbocycles. The van der Waals surface area contributed by atoms with Gasteiger partial charge in [-0.1, -0.05) is 69.9 Å². The molecule has 1 aromatic carbocycles. The summed E-state index contributed by atoms with van der Waals surface area (Å²) < 4.78 is 64.3. The van der Waals surface area contributed by atoms with Crippen molar-refractivity contribution in [2.75, 3.05) is 6.61 Å². The average molecular weight is 527 g/mol. The number of ether oxygens (including phenoxy) is 1. The summed E-state index contributed by atoms with van der Waals surface area (Å²) in [7, 11) is -5.37. The largest absolute Gasteiger partial charge is 0.493 e. The van der Waals surface area contributed by atoms with Crippen LogP contribution in [0.2, 0.25) is 0 Å². The van der Waals surface area contributed by atoms with Gasteiger partial charge in [0.05, 0.1) is 6.61 Å². The first-order chi connectivity index (χ1) is 17.3. The van der Waals surface area contributed by atoms with Crippen LogP contribution < -0.4 is 4.74 Å². The van der Waals surface area contributed by atoms with Crippen LogP contribution in [-0.4, -0.2) is 24.8 Å². The van der Waals surface area contributed by atoms with E-state index in [0.29, 0.717) is 24.2 Å². The molecule has 0 heterocycles. The van der Waals surface area contributed by atoms with Crippen LogP contribution in [-0.2, 0) is 10.1 Å². The van der Waals surface area contributed by atoms with Crippen molar-refractivity contribution in [1.29, 1.82) is 0 Å². The van der Waals surface area contributed by atoms with Crippen LogP contribution in [0.15, 0.2) is 12.1 Å². The van der Waals surface area contributed by atoms with Crippen molar-refractivity contribution in [1.82, 2.24) is 0 Å². The Labute approximate surface area is 216 Å². The third-order valence-electron chi connectivity index (χ3n) is 8.82. The molecule has 0 bridgehead atoms. The molecule has 3 saturated carbocycles. The zero-order valence-electron chi connectivity index (χ0n) is 21.7. The van der Waals surface area contributed by atoms with Gasteiger partial charge in [-0.05, 0) is 85.8 Å². The Hall–Kier alpha value is -1.21. The highest BCUT2D eigenvalue weighted by molar-refractivity contribution is 7.86. The number of benzene rings is 1. The summed E-state index contributed by atoms with van der Waals surface area (Å²) in [6.07, 6.45) is 18.1. The summed E-state index contributed by atoms with van der Waals surface area (Å²) in [4.78, 5) is 0. The normalized spacial score (nSPS) is 21.5. The van der Waals surface area contributed by atoms with Crippen molar-refractivity contribution in [3.05, 3.63) is 28.8 Å². The van der Waals surface area contributed by atoms with Gasteiger partial charge in [0.2, 0.25) is 0 Å². The summed E-state index contributed by atoms with van der Waals surface area (Å²) in [5.74, 6) is 2.60. The lowest BCUT2D eigenvalue weighted by Crippen LogP contribution is -2.28. The molecule has 204 valence electrons. The minimum absolute atomic E-state index is 0.0233. The summed E-state index contributed by atoms with van der Waals surface area (Å²) in [5, 5.41) is -4.10. The van der Waals surface area contributed by atoms with Crippen molar-refractivity contribution < 1.29 is 26.5 Å². The molecule has 0 atom stereocenters. The molecule has 1 aromatic rings. The van der Waals surface area contributed by atoms with Gasteiger partial charge < -0.3 is 4.74 Å². The Morgan fingerprint density at radius 3 is 1.64 bits per heavy atom. The Morgan fingerprint density at radius 1 is 0.750 bits per heavy atom. The maximum Gasteiger partial charge on any atom is 0.370 e. The van der Waals surface area contributed by atoms with Crippen molar-refractivity contribution >= 4 is 10.1 Å². The fourth-order valence-electron chi connectivity index (χ4n) is 6.71. The van der Waals surface area contributed by atoms with Crippen LogP contribution in [0.1, 0.15) is 150 Å². The third-order valence-corrected chi connectivity index (χ3v) is 9.78. The van der Waals surface area contributed by atoms with E-state index in [0.717, 1.165) is 5.75 Å². The molecule has 1 N–H and O–H groups in total. The quantitative estimate of drug-likeness (QED) is 0.244. The van der Waals surface area contributed by atoms with E-state index in [-0.39, 0.29) is 13.0 Å². The SMILES string of the molecule is O=S(=O)(O)C(F)(F)CCCCOc1c(C2CCCCC2)cc(C2CCCCC2)cc1C1CCCCC1. The van der Waals surface area contributed by atoms with E-state index in [9.17, 15) is 17.2 Å². The molecule has 36 heavy (non-hydrogen) atoms. The standard InChI is InChI=1S/C29H44F2O4S/c30-29(31,36(32,33)34)18-10-11-19-35-28-26(23-14-6-2-7-15-23)20-25(22-12-4-1-5-13-22)21-27(28)24-16-8-3-9-17-24/h20-24H,1-19H2,(H,32,33,34). The van der Waals surface area contributed by atoms with Gasteiger partial charge in [-0.15, -0.1) is 0 Å². The van der Waals surface area contributed by atoms with Gasteiger partial charge in [0, 0.05) is 6.42 Å². The molecule has 0 saturated heterocycles. The zero-order valence-corrected chi connectivity index (χ0v) is 22.5. The first-order valence-electron chi connectivity index (χ1n) is 14.4. The first-order valence-corrected chi connectivity index (χ1v) is 15.9. The third kappa shape index (κ3) is 7.00. The van der Waals surface area contributed by atoms with Crippen LogP contribution in [0, 0.1) is 0 Å². The molecular formula is C29H44F2O4S. The monoisotopic (exact) mass is 526 g/mol. The molecule has 0 spiro atoms. The van der Waals surface area contributed by atoms with E-state index in [2.05, 4.69) is 12.1 Å². The molecule has 0 aromatic heterocycles. The van der Waals surface area contributed by atoms with E-state index in [1.165, 1.54) is 113 Å². The molecule has 3 aliphatic rings. The molecule has 3 fully saturated rings. The second-order valence-electron chi connectivity index (χ2n) is 11.5. The van der Waals surface area contributed by atoms with E-state index in [1.807, 2.05) is 0 Å². The maximum absolute atomic E-state index is 13.6.